The third-order valence-electron chi connectivity index (χ3n) is 3.25. The fraction of sp³-hybridized carbons (Fsp3) is 0.400. The monoisotopic (exact) mass is 309 g/mol. The van der Waals surface area contributed by atoms with E-state index in [1.54, 1.807) is 24.3 Å². The Morgan fingerprint density at radius 3 is 2.48 bits per heavy atom. The van der Waals surface area contributed by atoms with Gasteiger partial charge in [0.15, 0.2) is 0 Å². The van der Waals surface area contributed by atoms with Gasteiger partial charge in [-0.25, -0.2) is 5.43 Å². The molecule has 1 N–H and O–H groups in total. The Labute approximate surface area is 130 Å². The second kappa shape index (κ2) is 9.26. The maximum absolute atomic E-state index is 11.7. The minimum Gasteiger partial charge on any atom is -0.294 e. The average molecular weight is 310 g/mol. The zero-order chi connectivity index (χ0) is 14.2. The maximum atomic E-state index is 11.7. The molecule has 5 nitrogen and oxygen atoms in total. The van der Waals surface area contributed by atoms with E-state index < -0.39 is 0 Å². The van der Waals surface area contributed by atoms with Gasteiger partial charge in [0.25, 0.3) is 5.91 Å². The maximum Gasteiger partial charge on any atom is 0.254 e. The number of piperidine rings is 1. The van der Waals surface area contributed by atoms with Crippen LogP contribution in [0, 0.1) is 0 Å². The highest BCUT2D eigenvalue weighted by Gasteiger charge is 2.13. The fourth-order valence-corrected chi connectivity index (χ4v) is 2.20. The first-order valence-electron chi connectivity index (χ1n) is 6.89. The van der Waals surface area contributed by atoms with E-state index in [0.717, 1.165) is 32.1 Å². The zero-order valence-electron chi connectivity index (χ0n) is 11.8. The molecule has 1 aromatic carbocycles. The molecule has 1 aromatic rings. The summed E-state index contributed by atoms with van der Waals surface area (Å²) >= 11 is 0. The Bertz CT molecular complexity index is 485. The van der Waals surface area contributed by atoms with Gasteiger partial charge in [-0.3, -0.25) is 14.5 Å². The molecule has 1 aliphatic heterocycles. The second-order valence-electron chi connectivity index (χ2n) is 4.86. The predicted octanol–water partition coefficient (Wildman–Crippen LogP) is 1.88. The van der Waals surface area contributed by atoms with E-state index in [1.165, 1.54) is 6.42 Å². The average Bonchev–Trinajstić information content (AvgIpc) is 2.49. The van der Waals surface area contributed by atoms with E-state index >= 15 is 0 Å². The summed E-state index contributed by atoms with van der Waals surface area (Å²) in [4.78, 5) is 25.5. The molecule has 1 amide bonds. The smallest absolute Gasteiger partial charge is 0.254 e. The molecule has 0 aromatic heterocycles. The first-order valence-corrected chi connectivity index (χ1v) is 6.89. The van der Waals surface area contributed by atoms with Crippen LogP contribution in [0.15, 0.2) is 35.4 Å². The van der Waals surface area contributed by atoms with Crippen molar-refractivity contribution in [3.05, 3.63) is 35.9 Å². The number of hydrogen-bond acceptors (Lipinski definition) is 4. The number of hydrogen-bond donors (Lipinski definition) is 1. The van der Waals surface area contributed by atoms with Gasteiger partial charge in [-0.15, -0.1) is 12.4 Å². The lowest BCUT2D eigenvalue weighted by Gasteiger charge is -2.25. The Morgan fingerprint density at radius 2 is 1.81 bits per heavy atom. The summed E-state index contributed by atoms with van der Waals surface area (Å²) in [5.74, 6) is -0.395. The molecule has 1 fully saturated rings. The van der Waals surface area contributed by atoms with Crippen LogP contribution < -0.4 is 5.43 Å². The molecule has 1 saturated heterocycles. The van der Waals surface area contributed by atoms with Crippen molar-refractivity contribution in [3.63, 3.8) is 0 Å². The lowest BCUT2D eigenvalue weighted by atomic mass is 10.1. The summed E-state index contributed by atoms with van der Waals surface area (Å²) < 4.78 is 0. The van der Waals surface area contributed by atoms with Gasteiger partial charge < -0.3 is 0 Å². The highest BCUT2D eigenvalue weighted by molar-refractivity contribution is 6.35. The molecule has 6 heteroatoms. The Morgan fingerprint density at radius 1 is 1.14 bits per heavy atom. The van der Waals surface area contributed by atoms with Crippen LogP contribution in [0.1, 0.15) is 29.6 Å². The van der Waals surface area contributed by atoms with Crippen LogP contribution in [0.5, 0.6) is 0 Å². The number of amides is 1. The number of likely N-dealkylation sites (tertiary alicyclic amines) is 1. The van der Waals surface area contributed by atoms with Crippen LogP contribution in [0.2, 0.25) is 0 Å². The van der Waals surface area contributed by atoms with Crippen molar-refractivity contribution in [1.29, 1.82) is 0 Å². The summed E-state index contributed by atoms with van der Waals surface area (Å²) in [6.07, 6.45) is 4.66. The quantitative estimate of drug-likeness (QED) is 0.513. The Hall–Kier alpha value is -1.72. The molecule has 0 bridgehead atoms. The van der Waals surface area contributed by atoms with Gasteiger partial charge in [0.2, 0.25) is 5.78 Å². The summed E-state index contributed by atoms with van der Waals surface area (Å²) in [5.41, 5.74) is 2.96. The molecule has 0 unspecified atom stereocenters. The number of nitrogens with one attached hydrogen (secondary N) is 1. The van der Waals surface area contributed by atoms with Crippen molar-refractivity contribution in [2.24, 2.45) is 5.10 Å². The van der Waals surface area contributed by atoms with E-state index in [-0.39, 0.29) is 24.1 Å². The third kappa shape index (κ3) is 6.06. The molecule has 0 atom stereocenters. The molecule has 2 rings (SSSR count). The normalized spacial score (nSPS) is 15.4. The molecular formula is C15H20ClN3O2. The zero-order valence-corrected chi connectivity index (χ0v) is 12.6. The standard InChI is InChI=1S/C15H19N3O2.ClH/c19-14(13-7-3-1-4-8-13)11-16-17-15(20)12-18-9-5-2-6-10-18;/h1,3-4,7-8,11H,2,5-6,9-10,12H2,(H,17,20);1H/b16-11+;. The number of hydrazone groups is 1. The highest BCUT2D eigenvalue weighted by atomic mass is 35.5. The van der Waals surface area contributed by atoms with Crippen molar-refractivity contribution in [3.8, 4) is 0 Å². The second-order valence-corrected chi connectivity index (χ2v) is 4.86. The summed E-state index contributed by atoms with van der Waals surface area (Å²) in [7, 11) is 0. The molecule has 0 aliphatic carbocycles. The molecule has 21 heavy (non-hydrogen) atoms. The summed E-state index contributed by atoms with van der Waals surface area (Å²) in [5, 5.41) is 3.71. The number of carbonyl (C=O) groups excluding carboxylic acids is 2. The van der Waals surface area contributed by atoms with Crippen LogP contribution in [0.25, 0.3) is 0 Å². The lowest BCUT2D eigenvalue weighted by Crippen LogP contribution is -2.38. The van der Waals surface area contributed by atoms with Crippen LogP contribution >= 0.6 is 12.4 Å². The van der Waals surface area contributed by atoms with Crippen LogP contribution in [0.4, 0.5) is 0 Å². The minimum absolute atomic E-state index is 0. The van der Waals surface area contributed by atoms with Crippen LogP contribution in [-0.2, 0) is 4.79 Å². The van der Waals surface area contributed by atoms with E-state index in [1.807, 2.05) is 6.07 Å². The fourth-order valence-electron chi connectivity index (χ4n) is 2.20. The first kappa shape index (κ1) is 17.3. The highest BCUT2D eigenvalue weighted by Crippen LogP contribution is 2.07. The molecular weight excluding hydrogens is 290 g/mol. The number of nitrogens with zero attached hydrogens (tertiary/aromatic N) is 2. The Kier molecular flexibility index (Phi) is 7.64. The number of halogens is 1. The topological polar surface area (TPSA) is 61.8 Å². The van der Waals surface area contributed by atoms with E-state index in [4.69, 9.17) is 0 Å². The molecule has 0 spiro atoms. The summed E-state index contributed by atoms with van der Waals surface area (Å²) in [6, 6.07) is 8.84. The van der Waals surface area contributed by atoms with Gasteiger partial charge in [-0.05, 0) is 25.9 Å². The number of rotatable bonds is 5. The predicted molar refractivity (Wildman–Crippen MR) is 84.9 cm³/mol. The molecule has 0 saturated carbocycles. The largest absolute Gasteiger partial charge is 0.294 e. The van der Waals surface area contributed by atoms with Gasteiger partial charge >= 0.3 is 0 Å². The minimum atomic E-state index is -0.219. The van der Waals surface area contributed by atoms with Crippen molar-refractivity contribution >= 4 is 30.3 Å². The lowest BCUT2D eigenvalue weighted by molar-refractivity contribution is -0.122. The van der Waals surface area contributed by atoms with Gasteiger partial charge in [-0.1, -0.05) is 36.8 Å². The SMILES string of the molecule is Cl.O=C(CN1CCCCC1)N/N=C/C(=O)c1ccccc1. The van der Waals surface area contributed by atoms with Crippen LogP contribution in [0.3, 0.4) is 0 Å². The third-order valence-corrected chi connectivity index (χ3v) is 3.25. The molecule has 1 heterocycles. The van der Waals surface area contributed by atoms with Crippen molar-refractivity contribution < 1.29 is 9.59 Å². The van der Waals surface area contributed by atoms with E-state index in [0.29, 0.717) is 12.1 Å². The van der Waals surface area contributed by atoms with Crippen LogP contribution in [-0.4, -0.2) is 42.4 Å². The molecule has 0 radical (unpaired) electrons. The molecule has 1 aliphatic rings. The number of ketones is 1. The summed E-state index contributed by atoms with van der Waals surface area (Å²) in [6.45, 7) is 2.26. The van der Waals surface area contributed by atoms with Gasteiger partial charge in [-0.2, -0.15) is 5.10 Å². The van der Waals surface area contributed by atoms with E-state index in [2.05, 4.69) is 15.4 Å². The van der Waals surface area contributed by atoms with Crippen molar-refractivity contribution in [2.75, 3.05) is 19.6 Å². The van der Waals surface area contributed by atoms with Gasteiger partial charge in [0.1, 0.15) is 0 Å². The van der Waals surface area contributed by atoms with Crippen molar-refractivity contribution in [1.82, 2.24) is 10.3 Å². The number of Topliss-reactive ketones (excluding diaryl/α,β-unsaturated/α-hetero) is 1. The molecule has 114 valence electrons. The first-order chi connectivity index (χ1) is 9.75. The number of benzene rings is 1. The Balaban J connectivity index is 0.00000220. The van der Waals surface area contributed by atoms with Gasteiger partial charge in [0.05, 0.1) is 12.8 Å². The van der Waals surface area contributed by atoms with E-state index in [9.17, 15) is 9.59 Å². The van der Waals surface area contributed by atoms with Gasteiger partial charge in [0, 0.05) is 5.56 Å². The van der Waals surface area contributed by atoms with Crippen molar-refractivity contribution in [2.45, 2.75) is 19.3 Å². The number of carbonyl (C=O) groups is 2.